The van der Waals surface area contributed by atoms with Crippen LogP contribution in [-0.2, 0) is 6.54 Å². The standard InChI is InChI=1S/C14H17N5O2/c1-3-16-13-7-6-12(19(20)21)14(17-13)18(2)10-11-5-4-8-15-9-11/h4-9H,3,10H2,1-2H3,(H,16,17). The van der Waals surface area contributed by atoms with E-state index in [4.69, 9.17) is 0 Å². The highest BCUT2D eigenvalue weighted by Gasteiger charge is 2.19. The summed E-state index contributed by atoms with van der Waals surface area (Å²) in [5, 5.41) is 14.2. The van der Waals surface area contributed by atoms with Crippen LogP contribution in [0.2, 0.25) is 0 Å². The monoisotopic (exact) mass is 287 g/mol. The number of nitrogens with one attached hydrogen (secondary N) is 1. The van der Waals surface area contributed by atoms with Crippen LogP contribution in [0.5, 0.6) is 0 Å². The van der Waals surface area contributed by atoms with Gasteiger partial charge in [0.25, 0.3) is 0 Å². The van der Waals surface area contributed by atoms with Crippen molar-refractivity contribution in [2.75, 3.05) is 23.8 Å². The van der Waals surface area contributed by atoms with E-state index in [0.29, 0.717) is 24.7 Å². The zero-order valence-electron chi connectivity index (χ0n) is 12.0. The molecule has 0 bridgehead atoms. The molecular formula is C14H17N5O2. The maximum Gasteiger partial charge on any atom is 0.311 e. The normalized spacial score (nSPS) is 10.2. The van der Waals surface area contributed by atoms with Gasteiger partial charge in [-0.2, -0.15) is 0 Å². The van der Waals surface area contributed by atoms with Crippen molar-refractivity contribution < 1.29 is 4.92 Å². The molecule has 0 aliphatic heterocycles. The van der Waals surface area contributed by atoms with Gasteiger partial charge < -0.3 is 10.2 Å². The molecule has 2 aromatic rings. The second-order valence-corrected chi connectivity index (χ2v) is 4.54. The molecule has 110 valence electrons. The summed E-state index contributed by atoms with van der Waals surface area (Å²) in [5.41, 5.74) is 0.952. The molecule has 1 N–H and O–H groups in total. The Morgan fingerprint density at radius 3 is 2.81 bits per heavy atom. The molecule has 0 spiro atoms. The van der Waals surface area contributed by atoms with Gasteiger partial charge in [-0.3, -0.25) is 15.1 Å². The molecule has 2 aromatic heterocycles. The zero-order chi connectivity index (χ0) is 15.2. The first-order valence-electron chi connectivity index (χ1n) is 6.61. The van der Waals surface area contributed by atoms with Crippen molar-refractivity contribution in [1.82, 2.24) is 9.97 Å². The van der Waals surface area contributed by atoms with Crippen molar-refractivity contribution in [2.24, 2.45) is 0 Å². The molecule has 0 aromatic carbocycles. The second-order valence-electron chi connectivity index (χ2n) is 4.54. The Bertz CT molecular complexity index is 618. The van der Waals surface area contributed by atoms with Crippen LogP contribution >= 0.6 is 0 Å². The highest BCUT2D eigenvalue weighted by atomic mass is 16.6. The molecule has 7 heteroatoms. The van der Waals surface area contributed by atoms with E-state index in [1.165, 1.54) is 6.07 Å². The van der Waals surface area contributed by atoms with Crippen LogP contribution in [0.3, 0.4) is 0 Å². The van der Waals surface area contributed by atoms with Gasteiger partial charge in [-0.25, -0.2) is 4.98 Å². The Hall–Kier alpha value is -2.70. The Morgan fingerprint density at radius 1 is 1.38 bits per heavy atom. The third kappa shape index (κ3) is 3.65. The van der Waals surface area contributed by atoms with Gasteiger partial charge in [0.15, 0.2) is 0 Å². The van der Waals surface area contributed by atoms with Crippen LogP contribution < -0.4 is 10.2 Å². The molecule has 0 saturated heterocycles. The first-order chi connectivity index (χ1) is 10.1. The van der Waals surface area contributed by atoms with E-state index < -0.39 is 4.92 Å². The molecule has 0 atom stereocenters. The number of aromatic nitrogens is 2. The van der Waals surface area contributed by atoms with Crippen molar-refractivity contribution in [3.63, 3.8) is 0 Å². The summed E-state index contributed by atoms with van der Waals surface area (Å²) in [7, 11) is 1.78. The van der Waals surface area contributed by atoms with Crippen LogP contribution in [0.25, 0.3) is 0 Å². The van der Waals surface area contributed by atoms with E-state index in [2.05, 4.69) is 15.3 Å². The van der Waals surface area contributed by atoms with Gasteiger partial charge >= 0.3 is 5.69 Å². The zero-order valence-corrected chi connectivity index (χ0v) is 12.0. The quantitative estimate of drug-likeness (QED) is 0.649. The van der Waals surface area contributed by atoms with E-state index in [1.54, 1.807) is 30.4 Å². The Kier molecular flexibility index (Phi) is 4.65. The first-order valence-corrected chi connectivity index (χ1v) is 6.61. The van der Waals surface area contributed by atoms with Crippen LogP contribution in [0.1, 0.15) is 12.5 Å². The number of nitro groups is 1. The predicted molar refractivity (Wildman–Crippen MR) is 81.4 cm³/mol. The van der Waals surface area contributed by atoms with Crippen molar-refractivity contribution in [3.8, 4) is 0 Å². The van der Waals surface area contributed by atoms with Crippen LogP contribution in [-0.4, -0.2) is 28.5 Å². The summed E-state index contributed by atoms with van der Waals surface area (Å²) in [5.74, 6) is 0.957. The highest BCUT2D eigenvalue weighted by molar-refractivity contribution is 5.61. The largest absolute Gasteiger partial charge is 0.370 e. The lowest BCUT2D eigenvalue weighted by Crippen LogP contribution is -2.19. The fourth-order valence-corrected chi connectivity index (χ4v) is 1.98. The lowest BCUT2D eigenvalue weighted by Gasteiger charge is -2.18. The second kappa shape index (κ2) is 6.65. The average Bonchev–Trinajstić information content (AvgIpc) is 2.48. The lowest BCUT2D eigenvalue weighted by molar-refractivity contribution is -0.384. The van der Waals surface area contributed by atoms with Crippen molar-refractivity contribution in [3.05, 3.63) is 52.3 Å². The van der Waals surface area contributed by atoms with Crippen molar-refractivity contribution in [2.45, 2.75) is 13.5 Å². The molecular weight excluding hydrogens is 270 g/mol. The van der Waals surface area contributed by atoms with E-state index in [1.807, 2.05) is 19.1 Å². The molecule has 2 rings (SSSR count). The van der Waals surface area contributed by atoms with E-state index in [9.17, 15) is 10.1 Å². The molecule has 21 heavy (non-hydrogen) atoms. The lowest BCUT2D eigenvalue weighted by atomic mass is 10.2. The van der Waals surface area contributed by atoms with Gasteiger partial charge in [0.2, 0.25) is 5.82 Å². The van der Waals surface area contributed by atoms with Gasteiger partial charge in [0, 0.05) is 38.6 Å². The minimum Gasteiger partial charge on any atom is -0.370 e. The van der Waals surface area contributed by atoms with Gasteiger partial charge in [0.1, 0.15) is 5.82 Å². The number of hydrogen-bond donors (Lipinski definition) is 1. The van der Waals surface area contributed by atoms with E-state index in [0.717, 1.165) is 5.56 Å². The van der Waals surface area contributed by atoms with Crippen molar-refractivity contribution >= 4 is 17.3 Å². The summed E-state index contributed by atoms with van der Waals surface area (Å²) in [6.45, 7) is 3.15. The summed E-state index contributed by atoms with van der Waals surface area (Å²) in [6, 6.07) is 6.84. The minimum atomic E-state index is -0.419. The van der Waals surface area contributed by atoms with Gasteiger partial charge in [-0.1, -0.05) is 6.07 Å². The van der Waals surface area contributed by atoms with Crippen molar-refractivity contribution in [1.29, 1.82) is 0 Å². The number of nitrogens with zero attached hydrogens (tertiary/aromatic N) is 4. The molecule has 0 radical (unpaired) electrons. The maximum absolute atomic E-state index is 11.2. The number of rotatable bonds is 6. The SMILES string of the molecule is CCNc1ccc([N+](=O)[O-])c(N(C)Cc2cccnc2)n1. The third-order valence-corrected chi connectivity index (χ3v) is 2.91. The van der Waals surface area contributed by atoms with Crippen LogP contribution in [0, 0.1) is 10.1 Å². The molecule has 0 amide bonds. The molecule has 0 saturated carbocycles. The fourth-order valence-electron chi connectivity index (χ4n) is 1.98. The number of anilines is 2. The topological polar surface area (TPSA) is 84.2 Å². The fraction of sp³-hybridized carbons (Fsp3) is 0.286. The molecule has 2 heterocycles. The summed E-state index contributed by atoms with van der Waals surface area (Å²) >= 11 is 0. The average molecular weight is 287 g/mol. The predicted octanol–water partition coefficient (Wildman–Crippen LogP) is 2.45. The van der Waals surface area contributed by atoms with Gasteiger partial charge in [-0.15, -0.1) is 0 Å². The maximum atomic E-state index is 11.2. The number of pyridine rings is 2. The molecule has 7 nitrogen and oxygen atoms in total. The van der Waals surface area contributed by atoms with E-state index in [-0.39, 0.29) is 5.69 Å². The minimum absolute atomic E-state index is 0.0111. The first kappa shape index (κ1) is 14.7. The van der Waals surface area contributed by atoms with Gasteiger partial charge in [0.05, 0.1) is 4.92 Å². The Labute approximate surface area is 122 Å². The molecule has 0 aliphatic carbocycles. The van der Waals surface area contributed by atoms with E-state index >= 15 is 0 Å². The molecule has 0 fully saturated rings. The smallest absolute Gasteiger partial charge is 0.311 e. The van der Waals surface area contributed by atoms with Crippen LogP contribution in [0.15, 0.2) is 36.7 Å². The molecule has 0 aliphatic rings. The summed E-state index contributed by atoms with van der Waals surface area (Å²) < 4.78 is 0. The van der Waals surface area contributed by atoms with Crippen LogP contribution in [0.4, 0.5) is 17.3 Å². The van der Waals surface area contributed by atoms with Gasteiger partial charge in [-0.05, 0) is 24.6 Å². The third-order valence-electron chi connectivity index (χ3n) is 2.91. The Morgan fingerprint density at radius 2 is 2.19 bits per heavy atom. The Balaban J connectivity index is 2.30. The molecule has 0 unspecified atom stereocenters. The summed E-state index contributed by atoms with van der Waals surface area (Å²) in [4.78, 5) is 20.9. The highest BCUT2D eigenvalue weighted by Crippen LogP contribution is 2.27. The summed E-state index contributed by atoms with van der Waals surface area (Å²) in [6.07, 6.45) is 3.42. The number of hydrogen-bond acceptors (Lipinski definition) is 6.